The summed E-state index contributed by atoms with van der Waals surface area (Å²) in [6.07, 6.45) is 5.68. The molecule has 2 aromatic heterocycles. The van der Waals surface area contributed by atoms with Crippen LogP contribution >= 0.6 is 22.7 Å². The first-order valence-corrected chi connectivity index (χ1v) is 13.0. The van der Waals surface area contributed by atoms with Gasteiger partial charge in [0.15, 0.2) is 16.6 Å². The Morgan fingerprint density at radius 3 is 2.56 bits per heavy atom. The molecule has 36 heavy (non-hydrogen) atoms. The lowest BCUT2D eigenvalue weighted by atomic mass is 9.89. The molecule has 0 saturated carbocycles. The van der Waals surface area contributed by atoms with Crippen LogP contribution in [0.25, 0.3) is 5.57 Å². The maximum Gasteiger partial charge on any atom is 0.198 e. The minimum atomic E-state index is -0.220. The molecule has 0 bridgehead atoms. The third-order valence-corrected chi connectivity index (χ3v) is 7.07. The molecule has 0 atom stereocenters. The second kappa shape index (κ2) is 11.8. The zero-order valence-corrected chi connectivity index (χ0v) is 21.5. The zero-order valence-electron chi connectivity index (χ0n) is 19.9. The van der Waals surface area contributed by atoms with Crippen LogP contribution in [0.15, 0.2) is 71.7 Å². The molecule has 1 aliphatic rings. The van der Waals surface area contributed by atoms with Gasteiger partial charge in [0.25, 0.3) is 0 Å². The Balaban J connectivity index is 0.000000170. The Morgan fingerprint density at radius 2 is 1.83 bits per heavy atom. The Morgan fingerprint density at radius 1 is 1.03 bits per heavy atom. The van der Waals surface area contributed by atoms with Crippen molar-refractivity contribution in [3.8, 4) is 5.75 Å². The SMILES string of the molecule is COc1cccc(CC(=O)CC(=O)c2nccs2)c1.Cc1ccc2c(c1)CC(=O)C=C2c1nccs1. The zero-order chi connectivity index (χ0) is 25.5. The van der Waals surface area contributed by atoms with Crippen LogP contribution in [0.1, 0.15) is 43.5 Å². The summed E-state index contributed by atoms with van der Waals surface area (Å²) in [6.45, 7) is 2.05. The number of hydrogen-bond donors (Lipinski definition) is 0. The summed E-state index contributed by atoms with van der Waals surface area (Å²) in [7, 11) is 1.58. The number of ketones is 3. The fraction of sp³-hybridized carbons (Fsp3) is 0.179. The molecule has 0 N–H and O–H groups in total. The molecule has 0 spiro atoms. The first kappa shape index (κ1) is 25.3. The number of carbonyl (C=O) groups is 3. The number of aryl methyl sites for hydroxylation is 1. The van der Waals surface area contributed by atoms with E-state index >= 15 is 0 Å². The van der Waals surface area contributed by atoms with Gasteiger partial charge in [0, 0.05) is 41.6 Å². The van der Waals surface area contributed by atoms with E-state index in [0.717, 1.165) is 27.3 Å². The number of thiazole rings is 2. The van der Waals surface area contributed by atoms with Gasteiger partial charge in [0.05, 0.1) is 13.5 Å². The van der Waals surface area contributed by atoms with Crippen molar-refractivity contribution in [2.75, 3.05) is 7.11 Å². The summed E-state index contributed by atoms with van der Waals surface area (Å²) >= 11 is 2.82. The van der Waals surface area contributed by atoms with Crippen LogP contribution in [-0.2, 0) is 22.4 Å². The number of aromatic nitrogens is 2. The predicted molar refractivity (Wildman–Crippen MR) is 142 cm³/mol. The molecule has 8 heteroatoms. The number of carbonyl (C=O) groups excluding carboxylic acids is 3. The highest BCUT2D eigenvalue weighted by molar-refractivity contribution is 7.11. The molecule has 2 heterocycles. The first-order valence-electron chi connectivity index (χ1n) is 11.2. The van der Waals surface area contributed by atoms with E-state index in [2.05, 4.69) is 28.2 Å². The van der Waals surface area contributed by atoms with Gasteiger partial charge in [-0.05, 0) is 41.8 Å². The topological polar surface area (TPSA) is 86.2 Å². The minimum absolute atomic E-state index is 0.106. The Labute approximate surface area is 217 Å². The number of benzene rings is 2. The average molecular weight is 517 g/mol. The van der Waals surface area contributed by atoms with Crippen molar-refractivity contribution in [3.63, 3.8) is 0 Å². The molecule has 0 aliphatic heterocycles. The van der Waals surface area contributed by atoms with Crippen molar-refractivity contribution in [2.24, 2.45) is 0 Å². The van der Waals surface area contributed by atoms with Crippen LogP contribution in [-0.4, -0.2) is 34.4 Å². The molecule has 0 fully saturated rings. The highest BCUT2D eigenvalue weighted by Gasteiger charge is 2.20. The molecule has 2 aromatic carbocycles. The van der Waals surface area contributed by atoms with E-state index < -0.39 is 0 Å². The molecule has 182 valence electrons. The van der Waals surface area contributed by atoms with Gasteiger partial charge < -0.3 is 4.74 Å². The third-order valence-electron chi connectivity index (χ3n) is 5.45. The lowest BCUT2D eigenvalue weighted by molar-refractivity contribution is -0.117. The number of rotatable bonds is 7. The van der Waals surface area contributed by atoms with Gasteiger partial charge in [0.2, 0.25) is 0 Å². The third kappa shape index (κ3) is 6.47. The molecule has 0 saturated heterocycles. The van der Waals surface area contributed by atoms with Crippen molar-refractivity contribution < 1.29 is 19.1 Å². The number of methoxy groups -OCH3 is 1. The molecule has 6 nitrogen and oxygen atoms in total. The summed E-state index contributed by atoms with van der Waals surface area (Å²) in [4.78, 5) is 43.5. The van der Waals surface area contributed by atoms with Gasteiger partial charge in [-0.25, -0.2) is 9.97 Å². The molecule has 4 aromatic rings. The second-order valence-electron chi connectivity index (χ2n) is 8.20. The van der Waals surface area contributed by atoms with Crippen LogP contribution in [0.5, 0.6) is 5.75 Å². The number of ether oxygens (including phenoxy) is 1. The summed E-state index contributed by atoms with van der Waals surface area (Å²) in [6, 6.07) is 13.5. The summed E-state index contributed by atoms with van der Waals surface area (Å²) < 4.78 is 5.09. The number of nitrogens with zero attached hydrogens (tertiary/aromatic N) is 2. The van der Waals surface area contributed by atoms with E-state index in [1.165, 1.54) is 16.9 Å². The fourth-order valence-corrected chi connectivity index (χ4v) is 5.07. The van der Waals surface area contributed by atoms with E-state index in [4.69, 9.17) is 4.74 Å². The molecule has 5 rings (SSSR count). The maximum atomic E-state index is 11.8. The van der Waals surface area contributed by atoms with Crippen molar-refractivity contribution in [1.82, 2.24) is 9.97 Å². The lowest BCUT2D eigenvalue weighted by Gasteiger charge is -2.16. The van der Waals surface area contributed by atoms with Crippen LogP contribution < -0.4 is 4.74 Å². The number of fused-ring (bicyclic) bond motifs is 1. The molecule has 0 radical (unpaired) electrons. The van der Waals surface area contributed by atoms with Crippen molar-refractivity contribution >= 4 is 45.6 Å². The van der Waals surface area contributed by atoms with E-state index in [0.29, 0.717) is 17.2 Å². The molecule has 1 aliphatic carbocycles. The molecular formula is C28H24N2O4S2. The Hall–Kier alpha value is -3.75. The molecular weight excluding hydrogens is 492 g/mol. The number of Topliss-reactive ketones (excluding diaryl/α,β-unsaturated/α-hetero) is 2. The Bertz CT molecular complexity index is 1410. The van der Waals surface area contributed by atoms with Gasteiger partial charge in [-0.15, -0.1) is 22.7 Å². The summed E-state index contributed by atoms with van der Waals surface area (Å²) in [5.74, 6) is 0.529. The smallest absolute Gasteiger partial charge is 0.198 e. The van der Waals surface area contributed by atoms with Crippen molar-refractivity contribution in [3.05, 3.63) is 104 Å². The molecule has 0 amide bonds. The summed E-state index contributed by atoms with van der Waals surface area (Å²) in [5, 5.41) is 4.96. The van der Waals surface area contributed by atoms with E-state index in [-0.39, 0.29) is 30.2 Å². The first-order chi connectivity index (χ1) is 17.4. The predicted octanol–water partition coefficient (Wildman–Crippen LogP) is 5.54. The maximum absolute atomic E-state index is 11.8. The molecule has 0 unspecified atom stereocenters. The van der Waals surface area contributed by atoms with Crippen LogP contribution in [0, 0.1) is 6.92 Å². The number of allylic oxidation sites excluding steroid dienone is 1. The second-order valence-corrected chi connectivity index (χ2v) is 9.99. The average Bonchev–Trinajstić information content (AvgIpc) is 3.58. The largest absolute Gasteiger partial charge is 0.497 e. The summed E-state index contributed by atoms with van der Waals surface area (Å²) in [5.41, 5.74) is 5.26. The van der Waals surface area contributed by atoms with Gasteiger partial charge >= 0.3 is 0 Å². The number of hydrogen-bond acceptors (Lipinski definition) is 8. The van der Waals surface area contributed by atoms with Gasteiger partial charge in [-0.2, -0.15) is 0 Å². The minimum Gasteiger partial charge on any atom is -0.497 e. The normalized spacial score (nSPS) is 12.2. The van der Waals surface area contributed by atoms with Crippen LogP contribution in [0.4, 0.5) is 0 Å². The highest BCUT2D eigenvalue weighted by Crippen LogP contribution is 2.32. The monoisotopic (exact) mass is 516 g/mol. The van der Waals surface area contributed by atoms with Crippen LogP contribution in [0.3, 0.4) is 0 Å². The van der Waals surface area contributed by atoms with E-state index in [9.17, 15) is 14.4 Å². The van der Waals surface area contributed by atoms with E-state index in [1.807, 2.05) is 30.5 Å². The quantitative estimate of drug-likeness (QED) is 0.237. The van der Waals surface area contributed by atoms with Gasteiger partial charge in [-0.3, -0.25) is 14.4 Å². The fourth-order valence-electron chi connectivity index (χ4n) is 3.83. The van der Waals surface area contributed by atoms with Gasteiger partial charge in [0.1, 0.15) is 16.5 Å². The lowest BCUT2D eigenvalue weighted by Crippen LogP contribution is -2.10. The highest BCUT2D eigenvalue weighted by atomic mass is 32.1. The standard InChI is InChI=1S/C14H13NO3S.C14H11NOS/c1-18-12-4-2-3-10(8-12)7-11(16)9-13(17)14-15-5-6-19-14;1-9-2-3-12-10(6-9)7-11(16)8-13(12)14-15-4-5-17-14/h2-6,8H,7,9H2,1H3;2-6,8H,7H2,1H3. The van der Waals surface area contributed by atoms with Crippen molar-refractivity contribution in [1.29, 1.82) is 0 Å². The Kier molecular flexibility index (Phi) is 8.30. The van der Waals surface area contributed by atoms with Crippen molar-refractivity contribution in [2.45, 2.75) is 26.2 Å². The van der Waals surface area contributed by atoms with Crippen LogP contribution in [0.2, 0.25) is 0 Å². The van der Waals surface area contributed by atoms with E-state index in [1.54, 1.807) is 48.4 Å². The van der Waals surface area contributed by atoms with Gasteiger partial charge in [-0.1, -0.05) is 35.9 Å².